The number of rotatable bonds is 1. The second kappa shape index (κ2) is 3.12. The molecule has 0 atom stereocenters. The summed E-state index contributed by atoms with van der Waals surface area (Å²) >= 11 is 9.23. The minimum Gasteiger partial charge on any atom is -0.296 e. The van der Waals surface area contributed by atoms with Crippen molar-refractivity contribution in [2.24, 2.45) is 0 Å². The van der Waals surface area contributed by atoms with Gasteiger partial charge in [0.2, 0.25) is 0 Å². The molecule has 0 radical (unpaired) electrons. The average molecular weight is 259 g/mol. The van der Waals surface area contributed by atoms with Gasteiger partial charge in [-0.15, -0.1) is 0 Å². The second-order valence-electron chi connectivity index (χ2n) is 2.51. The van der Waals surface area contributed by atoms with Crippen LogP contribution in [0.5, 0.6) is 0 Å². The Morgan fingerprint density at radius 3 is 3.00 bits per heavy atom. The Balaban J connectivity index is 2.95. The molecule has 0 spiro atoms. The molecule has 1 heterocycles. The van der Waals surface area contributed by atoms with Crippen molar-refractivity contribution in [1.82, 2.24) is 10.2 Å². The van der Waals surface area contributed by atoms with Crippen molar-refractivity contribution < 1.29 is 4.79 Å². The SMILES string of the molecule is O=Cc1[nH]nc2c(Br)ccc(Cl)c12. The number of carbonyl (C=O) groups excluding carboxylic acids is 1. The first kappa shape index (κ1) is 8.72. The highest BCUT2D eigenvalue weighted by molar-refractivity contribution is 9.10. The van der Waals surface area contributed by atoms with Crippen LogP contribution in [0.4, 0.5) is 0 Å². The molecule has 2 aromatic rings. The fourth-order valence-electron chi connectivity index (χ4n) is 1.16. The molecule has 0 bridgehead atoms. The van der Waals surface area contributed by atoms with Gasteiger partial charge in [0, 0.05) is 4.47 Å². The summed E-state index contributed by atoms with van der Waals surface area (Å²) < 4.78 is 0.816. The Kier molecular flexibility index (Phi) is 2.09. The van der Waals surface area contributed by atoms with Gasteiger partial charge in [0.05, 0.1) is 10.4 Å². The standard InChI is InChI=1S/C8H4BrClN2O/c9-4-1-2-5(10)7-6(3-13)11-12-8(4)7/h1-3H,(H,11,12). The number of fused-ring (bicyclic) bond motifs is 1. The summed E-state index contributed by atoms with van der Waals surface area (Å²) in [6, 6.07) is 3.51. The number of nitrogens with zero attached hydrogens (tertiary/aromatic N) is 1. The van der Waals surface area contributed by atoms with Crippen LogP contribution in [-0.4, -0.2) is 16.5 Å². The van der Waals surface area contributed by atoms with Crippen molar-refractivity contribution in [2.45, 2.75) is 0 Å². The summed E-state index contributed by atoms with van der Waals surface area (Å²) in [7, 11) is 0. The molecule has 66 valence electrons. The molecule has 0 saturated carbocycles. The van der Waals surface area contributed by atoms with Crippen LogP contribution in [0, 0.1) is 0 Å². The number of aromatic amines is 1. The van der Waals surface area contributed by atoms with Crippen molar-refractivity contribution in [3.8, 4) is 0 Å². The summed E-state index contributed by atoms with van der Waals surface area (Å²) in [5.41, 5.74) is 1.08. The van der Waals surface area contributed by atoms with Gasteiger partial charge in [0.15, 0.2) is 6.29 Å². The van der Waals surface area contributed by atoms with Crippen molar-refractivity contribution in [2.75, 3.05) is 0 Å². The van der Waals surface area contributed by atoms with E-state index in [-0.39, 0.29) is 0 Å². The number of benzene rings is 1. The van der Waals surface area contributed by atoms with Gasteiger partial charge in [-0.3, -0.25) is 9.89 Å². The maximum absolute atomic E-state index is 10.6. The average Bonchev–Trinajstić information content (AvgIpc) is 2.56. The molecule has 1 aromatic carbocycles. The van der Waals surface area contributed by atoms with E-state index in [1.165, 1.54) is 0 Å². The van der Waals surface area contributed by atoms with Crippen molar-refractivity contribution in [1.29, 1.82) is 0 Å². The van der Waals surface area contributed by atoms with Gasteiger partial charge in [-0.05, 0) is 28.1 Å². The number of halogens is 2. The predicted octanol–water partition coefficient (Wildman–Crippen LogP) is 2.79. The van der Waals surface area contributed by atoms with Crippen LogP contribution in [0.15, 0.2) is 16.6 Å². The molecule has 0 amide bonds. The molecular weight excluding hydrogens is 255 g/mol. The Morgan fingerprint density at radius 1 is 1.54 bits per heavy atom. The topological polar surface area (TPSA) is 45.8 Å². The number of hydrogen-bond acceptors (Lipinski definition) is 2. The second-order valence-corrected chi connectivity index (χ2v) is 3.77. The number of aldehydes is 1. The zero-order valence-electron chi connectivity index (χ0n) is 6.34. The lowest BCUT2D eigenvalue weighted by molar-refractivity contribution is 0.112. The normalized spacial score (nSPS) is 10.6. The van der Waals surface area contributed by atoms with Gasteiger partial charge < -0.3 is 0 Å². The summed E-state index contributed by atoms with van der Waals surface area (Å²) in [5, 5.41) is 7.76. The molecule has 0 unspecified atom stereocenters. The van der Waals surface area contributed by atoms with E-state index in [9.17, 15) is 4.79 Å². The summed E-state index contributed by atoms with van der Waals surface area (Å²) in [5.74, 6) is 0. The van der Waals surface area contributed by atoms with Crippen LogP contribution >= 0.6 is 27.5 Å². The van der Waals surface area contributed by atoms with E-state index >= 15 is 0 Å². The maximum atomic E-state index is 10.6. The summed E-state index contributed by atoms with van der Waals surface area (Å²) in [4.78, 5) is 10.6. The highest BCUT2D eigenvalue weighted by Gasteiger charge is 2.10. The van der Waals surface area contributed by atoms with Crippen molar-refractivity contribution in [3.05, 3.63) is 27.3 Å². The third-order valence-corrected chi connectivity index (χ3v) is 2.71. The van der Waals surface area contributed by atoms with E-state index in [1.54, 1.807) is 12.1 Å². The molecule has 13 heavy (non-hydrogen) atoms. The quantitative estimate of drug-likeness (QED) is 0.801. The Labute approximate surface area is 87.2 Å². The van der Waals surface area contributed by atoms with Gasteiger partial charge >= 0.3 is 0 Å². The fraction of sp³-hybridized carbons (Fsp3) is 0. The molecule has 0 aliphatic rings. The van der Waals surface area contributed by atoms with E-state index in [0.29, 0.717) is 27.9 Å². The van der Waals surface area contributed by atoms with E-state index < -0.39 is 0 Å². The van der Waals surface area contributed by atoms with Crippen LogP contribution in [0.2, 0.25) is 5.02 Å². The Bertz CT molecular complexity index is 480. The molecule has 0 aliphatic heterocycles. The largest absolute Gasteiger partial charge is 0.296 e. The molecule has 1 N–H and O–H groups in total. The van der Waals surface area contributed by atoms with Crippen LogP contribution in [0.1, 0.15) is 10.5 Å². The van der Waals surface area contributed by atoms with E-state index in [2.05, 4.69) is 26.1 Å². The number of nitrogens with one attached hydrogen (secondary N) is 1. The molecule has 5 heteroatoms. The van der Waals surface area contributed by atoms with E-state index in [0.717, 1.165) is 4.47 Å². The third-order valence-electron chi connectivity index (χ3n) is 1.75. The third kappa shape index (κ3) is 1.26. The van der Waals surface area contributed by atoms with Crippen LogP contribution in [0.3, 0.4) is 0 Å². The maximum Gasteiger partial charge on any atom is 0.168 e. The molecule has 1 aromatic heterocycles. The summed E-state index contributed by atoms with van der Waals surface area (Å²) in [6.45, 7) is 0. The molecule has 3 nitrogen and oxygen atoms in total. The minimum absolute atomic E-state index is 0.404. The number of hydrogen-bond donors (Lipinski definition) is 1. The van der Waals surface area contributed by atoms with E-state index in [4.69, 9.17) is 11.6 Å². The fourth-order valence-corrected chi connectivity index (χ4v) is 1.84. The number of aromatic nitrogens is 2. The Morgan fingerprint density at radius 2 is 2.31 bits per heavy atom. The van der Waals surface area contributed by atoms with Crippen LogP contribution in [-0.2, 0) is 0 Å². The molecule has 2 rings (SSSR count). The number of H-pyrrole nitrogens is 1. The van der Waals surface area contributed by atoms with E-state index in [1.807, 2.05) is 0 Å². The first-order valence-electron chi connectivity index (χ1n) is 3.51. The van der Waals surface area contributed by atoms with Gasteiger partial charge in [0.1, 0.15) is 11.2 Å². The zero-order valence-corrected chi connectivity index (χ0v) is 8.69. The Hall–Kier alpha value is -0.870. The predicted molar refractivity (Wildman–Crippen MR) is 54.2 cm³/mol. The zero-order chi connectivity index (χ0) is 9.42. The first-order valence-corrected chi connectivity index (χ1v) is 4.68. The lowest BCUT2D eigenvalue weighted by atomic mass is 10.2. The molecule has 0 fully saturated rings. The smallest absolute Gasteiger partial charge is 0.168 e. The van der Waals surface area contributed by atoms with Gasteiger partial charge in [-0.25, -0.2) is 0 Å². The lowest BCUT2D eigenvalue weighted by Gasteiger charge is -1.94. The minimum atomic E-state index is 0.404. The highest BCUT2D eigenvalue weighted by atomic mass is 79.9. The number of carbonyl (C=O) groups is 1. The van der Waals surface area contributed by atoms with Gasteiger partial charge in [0.25, 0.3) is 0 Å². The molecule has 0 saturated heterocycles. The van der Waals surface area contributed by atoms with Gasteiger partial charge in [-0.2, -0.15) is 5.10 Å². The van der Waals surface area contributed by atoms with Gasteiger partial charge in [-0.1, -0.05) is 11.6 Å². The van der Waals surface area contributed by atoms with Crippen LogP contribution in [0.25, 0.3) is 10.9 Å². The molecular formula is C8H4BrClN2O. The van der Waals surface area contributed by atoms with Crippen LogP contribution < -0.4 is 0 Å². The lowest BCUT2D eigenvalue weighted by Crippen LogP contribution is -1.79. The van der Waals surface area contributed by atoms with Crippen molar-refractivity contribution >= 4 is 44.7 Å². The highest BCUT2D eigenvalue weighted by Crippen LogP contribution is 2.29. The molecule has 0 aliphatic carbocycles. The first-order chi connectivity index (χ1) is 6.24. The van der Waals surface area contributed by atoms with Crippen molar-refractivity contribution in [3.63, 3.8) is 0 Å². The summed E-state index contributed by atoms with van der Waals surface area (Å²) in [6.07, 6.45) is 0.702. The monoisotopic (exact) mass is 258 g/mol.